The van der Waals surface area contributed by atoms with Crippen LogP contribution in [0.25, 0.3) is 0 Å². The minimum absolute atomic E-state index is 0.0220. The lowest BCUT2D eigenvalue weighted by atomic mass is 10.2. The molecule has 0 saturated carbocycles. The van der Waals surface area contributed by atoms with Gasteiger partial charge in [0.2, 0.25) is 0 Å². The number of carbonyl (C=O) groups is 1. The summed E-state index contributed by atoms with van der Waals surface area (Å²) in [4.78, 5) is 18.0. The van der Waals surface area contributed by atoms with E-state index in [9.17, 15) is 4.79 Å². The zero-order valence-electron chi connectivity index (χ0n) is 9.86. The van der Waals surface area contributed by atoms with Crippen molar-refractivity contribution in [3.63, 3.8) is 0 Å². The number of aromatic nitrogens is 1. The number of rotatable bonds is 3. The van der Waals surface area contributed by atoms with Gasteiger partial charge in [0.15, 0.2) is 0 Å². The number of carbonyl (C=O) groups excluding carboxylic acids is 1. The average Bonchev–Trinajstić information content (AvgIpc) is 2.67. The molecule has 2 rings (SSSR count). The van der Waals surface area contributed by atoms with Crippen LogP contribution in [0.4, 0.5) is 0 Å². The largest absolute Gasteiger partial charge is 0.346 e. The number of nitrogens with one attached hydrogen (secondary N) is 1. The van der Waals surface area contributed by atoms with Crippen molar-refractivity contribution in [2.75, 3.05) is 0 Å². The van der Waals surface area contributed by atoms with Gasteiger partial charge in [-0.25, -0.2) is 0 Å². The zero-order valence-corrected chi connectivity index (χ0v) is 10.7. The first-order valence-corrected chi connectivity index (χ1v) is 6.23. The molecule has 2 heterocycles. The molecule has 0 aromatic carbocycles. The van der Waals surface area contributed by atoms with Gasteiger partial charge >= 0.3 is 0 Å². The van der Waals surface area contributed by atoms with E-state index in [1.54, 1.807) is 6.20 Å². The molecular weight excluding hydrogens is 232 g/mol. The molecule has 0 atom stereocenters. The molecule has 0 unspecified atom stereocenters. The van der Waals surface area contributed by atoms with Crippen LogP contribution < -0.4 is 5.32 Å². The Kier molecular flexibility index (Phi) is 3.54. The third-order valence-electron chi connectivity index (χ3n) is 2.40. The van der Waals surface area contributed by atoms with Gasteiger partial charge in [-0.3, -0.25) is 9.78 Å². The molecule has 2 aromatic rings. The summed E-state index contributed by atoms with van der Waals surface area (Å²) < 4.78 is 0. The van der Waals surface area contributed by atoms with Crippen LogP contribution >= 0.6 is 11.3 Å². The maximum atomic E-state index is 11.9. The van der Waals surface area contributed by atoms with Crippen molar-refractivity contribution in [1.82, 2.24) is 10.3 Å². The van der Waals surface area contributed by atoms with Crippen LogP contribution in [0.5, 0.6) is 0 Å². The summed E-state index contributed by atoms with van der Waals surface area (Å²) in [5.41, 5.74) is 1.90. The van der Waals surface area contributed by atoms with Crippen molar-refractivity contribution in [3.8, 4) is 0 Å². The van der Waals surface area contributed by atoms with Gasteiger partial charge in [-0.05, 0) is 37.6 Å². The van der Waals surface area contributed by atoms with Gasteiger partial charge in [0.05, 0.1) is 17.1 Å². The third kappa shape index (κ3) is 2.91. The first kappa shape index (κ1) is 11.8. The molecule has 3 nitrogen and oxygen atoms in total. The molecule has 0 aliphatic rings. The molecule has 1 N–H and O–H groups in total. The topological polar surface area (TPSA) is 42.0 Å². The highest BCUT2D eigenvalue weighted by molar-refractivity contribution is 7.14. The molecule has 17 heavy (non-hydrogen) atoms. The smallest absolute Gasteiger partial charge is 0.261 e. The highest BCUT2D eigenvalue weighted by atomic mass is 32.1. The summed E-state index contributed by atoms with van der Waals surface area (Å²) in [7, 11) is 0. The van der Waals surface area contributed by atoms with Gasteiger partial charge < -0.3 is 5.32 Å². The summed E-state index contributed by atoms with van der Waals surface area (Å²) in [6, 6.07) is 7.69. The fraction of sp³-hybridized carbons (Fsp3) is 0.231. The van der Waals surface area contributed by atoms with Crippen molar-refractivity contribution in [1.29, 1.82) is 0 Å². The standard InChI is InChI=1S/C13H14N2OS/c1-9-7-10(2)17-12(9)13(16)15-8-11-5-3-4-6-14-11/h3-7H,8H2,1-2H3,(H,15,16). The van der Waals surface area contributed by atoms with E-state index in [1.807, 2.05) is 38.1 Å². The molecule has 0 aliphatic heterocycles. The monoisotopic (exact) mass is 246 g/mol. The predicted octanol–water partition coefficient (Wildman–Crippen LogP) is 2.69. The van der Waals surface area contributed by atoms with E-state index in [1.165, 1.54) is 11.3 Å². The van der Waals surface area contributed by atoms with Crippen LogP contribution in [0.2, 0.25) is 0 Å². The molecular formula is C13H14N2OS. The predicted molar refractivity (Wildman–Crippen MR) is 69.2 cm³/mol. The summed E-state index contributed by atoms with van der Waals surface area (Å²) in [6.07, 6.45) is 1.72. The lowest BCUT2D eigenvalue weighted by molar-refractivity contribution is 0.0954. The van der Waals surface area contributed by atoms with Gasteiger partial charge in [-0.1, -0.05) is 6.07 Å². The van der Waals surface area contributed by atoms with E-state index in [0.717, 1.165) is 21.0 Å². The van der Waals surface area contributed by atoms with Crippen molar-refractivity contribution in [2.45, 2.75) is 20.4 Å². The SMILES string of the molecule is Cc1cc(C)c(C(=O)NCc2ccccn2)s1. The van der Waals surface area contributed by atoms with E-state index < -0.39 is 0 Å². The van der Waals surface area contributed by atoms with Gasteiger partial charge in [0.1, 0.15) is 0 Å². The highest BCUT2D eigenvalue weighted by Gasteiger charge is 2.11. The quantitative estimate of drug-likeness (QED) is 0.904. The van der Waals surface area contributed by atoms with E-state index >= 15 is 0 Å². The zero-order chi connectivity index (χ0) is 12.3. The second kappa shape index (κ2) is 5.10. The van der Waals surface area contributed by atoms with E-state index in [4.69, 9.17) is 0 Å². The number of nitrogens with zero attached hydrogens (tertiary/aromatic N) is 1. The summed E-state index contributed by atoms with van der Waals surface area (Å²) in [5, 5.41) is 2.88. The van der Waals surface area contributed by atoms with Gasteiger partial charge in [0, 0.05) is 11.1 Å². The van der Waals surface area contributed by atoms with E-state index in [2.05, 4.69) is 10.3 Å². The molecule has 4 heteroatoms. The summed E-state index contributed by atoms with van der Waals surface area (Å²) in [5.74, 6) is -0.0220. The Balaban J connectivity index is 2.01. The second-order valence-corrected chi connectivity index (χ2v) is 5.13. The van der Waals surface area contributed by atoms with E-state index in [0.29, 0.717) is 6.54 Å². The van der Waals surface area contributed by atoms with Gasteiger partial charge in [-0.15, -0.1) is 11.3 Å². The van der Waals surface area contributed by atoms with Gasteiger partial charge in [0.25, 0.3) is 5.91 Å². The van der Waals surface area contributed by atoms with Crippen LogP contribution in [0.15, 0.2) is 30.5 Å². The Morgan fingerprint density at radius 2 is 2.24 bits per heavy atom. The molecule has 0 radical (unpaired) electrons. The number of thiophene rings is 1. The number of aryl methyl sites for hydroxylation is 2. The average molecular weight is 246 g/mol. The first-order chi connectivity index (χ1) is 8.16. The maximum Gasteiger partial charge on any atom is 0.261 e. The molecule has 0 spiro atoms. The Bertz CT molecular complexity index is 519. The summed E-state index contributed by atoms with van der Waals surface area (Å²) in [6.45, 7) is 4.43. The molecule has 88 valence electrons. The van der Waals surface area contributed by atoms with Crippen molar-refractivity contribution in [3.05, 3.63) is 51.5 Å². The molecule has 0 fully saturated rings. The number of hydrogen-bond acceptors (Lipinski definition) is 3. The molecule has 1 amide bonds. The Morgan fingerprint density at radius 3 is 2.82 bits per heavy atom. The van der Waals surface area contributed by atoms with Crippen molar-refractivity contribution >= 4 is 17.2 Å². The molecule has 2 aromatic heterocycles. The maximum absolute atomic E-state index is 11.9. The minimum atomic E-state index is -0.0220. The van der Waals surface area contributed by atoms with Crippen molar-refractivity contribution in [2.24, 2.45) is 0 Å². The van der Waals surface area contributed by atoms with Crippen molar-refractivity contribution < 1.29 is 4.79 Å². The highest BCUT2D eigenvalue weighted by Crippen LogP contribution is 2.20. The van der Waals surface area contributed by atoms with E-state index in [-0.39, 0.29) is 5.91 Å². The normalized spacial score (nSPS) is 10.2. The van der Waals surface area contributed by atoms with Crippen LogP contribution in [0.3, 0.4) is 0 Å². The number of pyridine rings is 1. The lowest BCUT2D eigenvalue weighted by Crippen LogP contribution is -2.22. The Morgan fingerprint density at radius 1 is 1.41 bits per heavy atom. The fourth-order valence-electron chi connectivity index (χ4n) is 1.62. The molecule has 0 aliphatic carbocycles. The third-order valence-corrected chi connectivity index (χ3v) is 3.55. The summed E-state index contributed by atoms with van der Waals surface area (Å²) >= 11 is 1.53. The number of amides is 1. The molecule has 0 bridgehead atoms. The van der Waals surface area contributed by atoms with Gasteiger partial charge in [-0.2, -0.15) is 0 Å². The Labute approximate surface area is 105 Å². The Hall–Kier alpha value is -1.68. The minimum Gasteiger partial charge on any atom is -0.346 e. The van der Waals surface area contributed by atoms with Crippen LogP contribution in [-0.2, 0) is 6.54 Å². The van der Waals surface area contributed by atoms with Crippen LogP contribution in [0, 0.1) is 13.8 Å². The second-order valence-electron chi connectivity index (χ2n) is 3.87. The molecule has 0 saturated heterocycles. The van der Waals surface area contributed by atoms with Crippen LogP contribution in [-0.4, -0.2) is 10.9 Å². The number of hydrogen-bond donors (Lipinski definition) is 1. The van der Waals surface area contributed by atoms with Crippen LogP contribution in [0.1, 0.15) is 25.8 Å². The fourth-order valence-corrected chi connectivity index (χ4v) is 2.56. The first-order valence-electron chi connectivity index (χ1n) is 5.42. The lowest BCUT2D eigenvalue weighted by Gasteiger charge is -2.03.